The van der Waals surface area contributed by atoms with Crippen molar-refractivity contribution in [2.45, 2.75) is 39.7 Å². The van der Waals surface area contributed by atoms with Crippen molar-refractivity contribution >= 4 is 17.1 Å². The fraction of sp³-hybridized carbons (Fsp3) is 0.667. The zero-order valence-corrected chi connectivity index (χ0v) is 14.8. The van der Waals surface area contributed by atoms with Crippen molar-refractivity contribution in [2.24, 2.45) is 5.41 Å². The Morgan fingerprint density at radius 2 is 1.92 bits per heavy atom. The molecule has 0 aliphatic carbocycles. The Labute approximate surface area is 143 Å². The predicted octanol–water partition coefficient (Wildman–Crippen LogP) is 3.45. The van der Waals surface area contributed by atoms with Gasteiger partial charge in [-0.1, -0.05) is 13.8 Å². The third-order valence-corrected chi connectivity index (χ3v) is 5.22. The van der Waals surface area contributed by atoms with Crippen molar-refractivity contribution in [2.75, 3.05) is 42.6 Å². The highest BCUT2D eigenvalue weighted by molar-refractivity contribution is 5.70. The molecule has 132 valence electrons. The van der Waals surface area contributed by atoms with Crippen LogP contribution in [0, 0.1) is 15.5 Å². The Morgan fingerprint density at radius 1 is 1.21 bits per heavy atom. The molecule has 24 heavy (non-hydrogen) atoms. The Kier molecular flexibility index (Phi) is 4.67. The van der Waals surface area contributed by atoms with Gasteiger partial charge in [0, 0.05) is 37.9 Å². The molecule has 6 heteroatoms. The standard InChI is InChI=1S/C18H27N3O3/c1-14-13-20(10-11-24-14)15-4-5-16(21(22)23)17(12-15)19-8-6-18(2,3)7-9-19/h4-5,12,14H,6-11,13H2,1-3H3. The first-order valence-electron chi connectivity index (χ1n) is 8.76. The van der Waals surface area contributed by atoms with Crippen LogP contribution < -0.4 is 9.80 Å². The number of rotatable bonds is 3. The summed E-state index contributed by atoms with van der Waals surface area (Å²) >= 11 is 0. The quantitative estimate of drug-likeness (QED) is 0.626. The molecule has 0 saturated carbocycles. The molecule has 2 saturated heterocycles. The normalized spacial score (nSPS) is 24.0. The summed E-state index contributed by atoms with van der Waals surface area (Å²) in [5.74, 6) is 0. The van der Waals surface area contributed by atoms with Crippen LogP contribution >= 0.6 is 0 Å². The van der Waals surface area contributed by atoms with Crippen molar-refractivity contribution < 1.29 is 9.66 Å². The highest BCUT2D eigenvalue weighted by Gasteiger charge is 2.29. The Balaban J connectivity index is 1.88. The van der Waals surface area contributed by atoms with Gasteiger partial charge >= 0.3 is 0 Å². The summed E-state index contributed by atoms with van der Waals surface area (Å²) < 4.78 is 5.60. The molecule has 1 aromatic carbocycles. The number of ether oxygens (including phenoxy) is 1. The Hall–Kier alpha value is -1.82. The second-order valence-corrected chi connectivity index (χ2v) is 7.71. The number of anilines is 2. The van der Waals surface area contributed by atoms with Crippen molar-refractivity contribution in [1.82, 2.24) is 0 Å². The first-order valence-corrected chi connectivity index (χ1v) is 8.76. The van der Waals surface area contributed by atoms with Crippen LogP contribution in [0.2, 0.25) is 0 Å². The van der Waals surface area contributed by atoms with Gasteiger partial charge in [-0.25, -0.2) is 0 Å². The predicted molar refractivity (Wildman–Crippen MR) is 96.0 cm³/mol. The first kappa shape index (κ1) is 17.0. The Morgan fingerprint density at radius 3 is 2.54 bits per heavy atom. The van der Waals surface area contributed by atoms with Gasteiger partial charge < -0.3 is 14.5 Å². The molecule has 6 nitrogen and oxygen atoms in total. The molecule has 2 heterocycles. The van der Waals surface area contributed by atoms with E-state index in [9.17, 15) is 10.1 Å². The van der Waals surface area contributed by atoms with E-state index in [0.29, 0.717) is 12.0 Å². The third kappa shape index (κ3) is 3.64. The van der Waals surface area contributed by atoms with E-state index in [4.69, 9.17) is 4.74 Å². The number of nitro benzene ring substituents is 1. The van der Waals surface area contributed by atoms with Gasteiger partial charge in [-0.3, -0.25) is 10.1 Å². The third-order valence-electron chi connectivity index (χ3n) is 5.22. The van der Waals surface area contributed by atoms with Crippen LogP contribution in [-0.2, 0) is 4.74 Å². The number of hydrogen-bond donors (Lipinski definition) is 0. The van der Waals surface area contributed by atoms with Gasteiger partial charge in [-0.15, -0.1) is 0 Å². The number of hydrogen-bond acceptors (Lipinski definition) is 5. The van der Waals surface area contributed by atoms with E-state index in [1.165, 1.54) is 0 Å². The SMILES string of the molecule is CC1CN(c2ccc([N+](=O)[O-])c(N3CCC(C)(C)CC3)c2)CCO1. The summed E-state index contributed by atoms with van der Waals surface area (Å²) in [6.45, 7) is 10.7. The van der Waals surface area contributed by atoms with E-state index in [1.807, 2.05) is 12.1 Å². The van der Waals surface area contributed by atoms with Crippen LogP contribution in [0.1, 0.15) is 33.6 Å². The maximum Gasteiger partial charge on any atom is 0.292 e. The largest absolute Gasteiger partial charge is 0.375 e. The molecule has 0 radical (unpaired) electrons. The van der Waals surface area contributed by atoms with Gasteiger partial charge in [0.15, 0.2) is 0 Å². The van der Waals surface area contributed by atoms with Gasteiger partial charge in [0.05, 0.1) is 17.6 Å². The van der Waals surface area contributed by atoms with E-state index in [1.54, 1.807) is 6.07 Å². The average molecular weight is 333 g/mol. The number of nitro groups is 1. The molecule has 1 atom stereocenters. The Bertz CT molecular complexity index is 608. The fourth-order valence-corrected chi connectivity index (χ4v) is 3.52. The van der Waals surface area contributed by atoms with Gasteiger partial charge in [0.1, 0.15) is 5.69 Å². The lowest BCUT2D eigenvalue weighted by Gasteiger charge is -2.38. The first-order chi connectivity index (χ1) is 11.4. The number of morpholine rings is 1. The molecule has 2 aliphatic rings. The summed E-state index contributed by atoms with van der Waals surface area (Å²) in [5, 5.41) is 11.5. The maximum atomic E-state index is 11.5. The van der Waals surface area contributed by atoms with Crippen LogP contribution in [0.3, 0.4) is 0 Å². The van der Waals surface area contributed by atoms with Gasteiger partial charge in [-0.05, 0) is 37.3 Å². The molecule has 0 amide bonds. The number of benzene rings is 1. The second-order valence-electron chi connectivity index (χ2n) is 7.71. The topological polar surface area (TPSA) is 58.8 Å². The van der Waals surface area contributed by atoms with Crippen molar-refractivity contribution in [3.63, 3.8) is 0 Å². The second kappa shape index (κ2) is 6.59. The fourth-order valence-electron chi connectivity index (χ4n) is 3.52. The molecule has 3 rings (SSSR count). The molecular formula is C18H27N3O3. The minimum Gasteiger partial charge on any atom is -0.375 e. The van der Waals surface area contributed by atoms with Crippen molar-refractivity contribution in [1.29, 1.82) is 0 Å². The van der Waals surface area contributed by atoms with Crippen LogP contribution in [0.5, 0.6) is 0 Å². The molecule has 0 aromatic heterocycles. The molecule has 2 aliphatic heterocycles. The molecule has 2 fully saturated rings. The summed E-state index contributed by atoms with van der Waals surface area (Å²) in [6.07, 6.45) is 2.31. The summed E-state index contributed by atoms with van der Waals surface area (Å²) in [4.78, 5) is 15.7. The van der Waals surface area contributed by atoms with Gasteiger partial charge in [0.2, 0.25) is 0 Å². The lowest BCUT2D eigenvalue weighted by molar-refractivity contribution is -0.384. The molecule has 0 N–H and O–H groups in total. The monoisotopic (exact) mass is 333 g/mol. The van der Waals surface area contributed by atoms with Crippen LogP contribution in [0.4, 0.5) is 17.1 Å². The minimum absolute atomic E-state index is 0.188. The molecular weight excluding hydrogens is 306 g/mol. The van der Waals surface area contributed by atoms with E-state index in [2.05, 4.69) is 30.6 Å². The van der Waals surface area contributed by atoms with Crippen molar-refractivity contribution in [3.8, 4) is 0 Å². The summed E-state index contributed by atoms with van der Waals surface area (Å²) in [7, 11) is 0. The lowest BCUT2D eigenvalue weighted by Crippen LogP contribution is -2.41. The summed E-state index contributed by atoms with van der Waals surface area (Å²) in [5.41, 5.74) is 2.34. The maximum absolute atomic E-state index is 11.5. The van der Waals surface area contributed by atoms with Crippen LogP contribution in [-0.4, -0.2) is 43.8 Å². The average Bonchev–Trinajstić information content (AvgIpc) is 2.54. The van der Waals surface area contributed by atoms with Crippen LogP contribution in [0.15, 0.2) is 18.2 Å². The molecule has 0 spiro atoms. The van der Waals surface area contributed by atoms with E-state index >= 15 is 0 Å². The lowest BCUT2D eigenvalue weighted by atomic mass is 9.82. The number of nitrogens with zero attached hydrogens (tertiary/aromatic N) is 3. The van der Waals surface area contributed by atoms with Crippen LogP contribution in [0.25, 0.3) is 0 Å². The zero-order chi connectivity index (χ0) is 17.3. The van der Waals surface area contributed by atoms with Gasteiger partial charge in [0.25, 0.3) is 5.69 Å². The minimum atomic E-state index is -0.263. The summed E-state index contributed by atoms with van der Waals surface area (Å²) in [6, 6.07) is 5.52. The van der Waals surface area contributed by atoms with Gasteiger partial charge in [-0.2, -0.15) is 0 Å². The molecule has 0 bridgehead atoms. The van der Waals surface area contributed by atoms with E-state index in [-0.39, 0.29) is 16.7 Å². The highest BCUT2D eigenvalue weighted by Crippen LogP contribution is 2.38. The van der Waals surface area contributed by atoms with Crippen molar-refractivity contribution in [3.05, 3.63) is 28.3 Å². The molecule has 1 unspecified atom stereocenters. The highest BCUT2D eigenvalue weighted by atomic mass is 16.6. The molecule has 1 aromatic rings. The smallest absolute Gasteiger partial charge is 0.292 e. The number of piperidine rings is 1. The van der Waals surface area contributed by atoms with E-state index < -0.39 is 0 Å². The zero-order valence-electron chi connectivity index (χ0n) is 14.8. The van der Waals surface area contributed by atoms with E-state index in [0.717, 1.165) is 50.4 Å².